The highest BCUT2D eigenvalue weighted by atomic mass is 35.5. The van der Waals surface area contributed by atoms with E-state index in [4.69, 9.17) is 11.6 Å². The van der Waals surface area contributed by atoms with Gasteiger partial charge in [0.1, 0.15) is 0 Å². The zero-order valence-corrected chi connectivity index (χ0v) is 17.5. The second-order valence-corrected chi connectivity index (χ2v) is 8.93. The number of amides is 1. The van der Waals surface area contributed by atoms with Crippen molar-refractivity contribution in [2.75, 3.05) is 4.90 Å². The topological polar surface area (TPSA) is 83.4 Å². The van der Waals surface area contributed by atoms with Gasteiger partial charge in [0.15, 0.2) is 10.9 Å². The number of thiazole rings is 1. The third-order valence-electron chi connectivity index (χ3n) is 4.74. The summed E-state index contributed by atoms with van der Waals surface area (Å²) in [6, 6.07) is 11.3. The van der Waals surface area contributed by atoms with Gasteiger partial charge in [-0.25, -0.2) is 4.98 Å². The van der Waals surface area contributed by atoms with E-state index in [0.29, 0.717) is 26.1 Å². The number of carbonyl (C=O) groups excluding carboxylic acids is 2. The van der Waals surface area contributed by atoms with Gasteiger partial charge < -0.3 is 5.11 Å². The largest absolute Gasteiger partial charge is 0.503 e. The molecule has 148 valence electrons. The molecule has 0 spiro atoms. The highest BCUT2D eigenvalue weighted by Crippen LogP contribution is 2.44. The summed E-state index contributed by atoms with van der Waals surface area (Å²) in [6.07, 6.45) is 3.18. The van der Waals surface area contributed by atoms with Crippen molar-refractivity contribution in [3.8, 4) is 0 Å². The molecule has 5 rings (SSSR count). The molecule has 9 heteroatoms. The Morgan fingerprint density at radius 2 is 2.07 bits per heavy atom. The van der Waals surface area contributed by atoms with Crippen LogP contribution in [0.4, 0.5) is 5.13 Å². The zero-order chi connectivity index (χ0) is 20.8. The van der Waals surface area contributed by atoms with Gasteiger partial charge in [0.05, 0.1) is 26.7 Å². The van der Waals surface area contributed by atoms with Crippen LogP contribution in [-0.4, -0.2) is 26.8 Å². The fourth-order valence-corrected chi connectivity index (χ4v) is 5.36. The number of hydrogen-bond donors (Lipinski definition) is 1. The summed E-state index contributed by atoms with van der Waals surface area (Å²) in [7, 11) is 0. The number of rotatable bonds is 4. The van der Waals surface area contributed by atoms with Gasteiger partial charge >= 0.3 is 0 Å². The molecule has 0 aliphatic carbocycles. The number of benzene rings is 1. The summed E-state index contributed by atoms with van der Waals surface area (Å²) in [4.78, 5) is 36.8. The lowest BCUT2D eigenvalue weighted by molar-refractivity contribution is -0.117. The standard InChI is InChI=1S/C21H12ClN3O3S2/c22-12-5-6-13-15(9-12)30-21(24-13)25-17(11-3-1-7-23-10-11)16(19(27)20(25)28)18(26)14-4-2-8-29-14/h1-10,17,27H. The van der Waals surface area contributed by atoms with Gasteiger partial charge in [0, 0.05) is 17.4 Å². The van der Waals surface area contributed by atoms with Crippen LogP contribution in [0.2, 0.25) is 5.02 Å². The first-order valence-corrected chi connectivity index (χ1v) is 10.9. The second-order valence-electron chi connectivity index (χ2n) is 6.54. The van der Waals surface area contributed by atoms with E-state index in [1.54, 1.807) is 60.2 Å². The molecule has 1 aliphatic heterocycles. The number of thiophene rings is 1. The normalized spacial score (nSPS) is 16.6. The number of aliphatic hydroxyl groups excluding tert-OH is 1. The minimum absolute atomic E-state index is 0.0211. The molecule has 6 nitrogen and oxygen atoms in total. The summed E-state index contributed by atoms with van der Waals surface area (Å²) >= 11 is 8.60. The Morgan fingerprint density at radius 3 is 2.80 bits per heavy atom. The number of nitrogens with zero attached hydrogens (tertiary/aromatic N) is 3. The maximum Gasteiger partial charge on any atom is 0.296 e. The number of aromatic nitrogens is 2. The van der Waals surface area contributed by atoms with Gasteiger partial charge in [-0.15, -0.1) is 11.3 Å². The summed E-state index contributed by atoms with van der Waals surface area (Å²) in [5, 5.41) is 13.4. The van der Waals surface area contributed by atoms with Crippen molar-refractivity contribution in [3.05, 3.63) is 87.0 Å². The summed E-state index contributed by atoms with van der Waals surface area (Å²) in [6.45, 7) is 0. The number of hydrogen-bond acceptors (Lipinski definition) is 7. The van der Waals surface area contributed by atoms with Crippen molar-refractivity contribution in [1.29, 1.82) is 0 Å². The molecule has 4 aromatic rings. The van der Waals surface area contributed by atoms with E-state index < -0.39 is 23.5 Å². The first-order chi connectivity index (χ1) is 14.5. The Bertz CT molecular complexity index is 1320. The van der Waals surface area contributed by atoms with E-state index in [9.17, 15) is 14.7 Å². The number of Topliss-reactive ketones (excluding diaryl/α,β-unsaturated/α-hetero) is 1. The Hall–Kier alpha value is -3.07. The van der Waals surface area contributed by atoms with Crippen LogP contribution in [0.15, 0.2) is 71.6 Å². The van der Waals surface area contributed by atoms with Crippen molar-refractivity contribution in [1.82, 2.24) is 9.97 Å². The van der Waals surface area contributed by atoms with Gasteiger partial charge in [0.2, 0.25) is 5.78 Å². The van der Waals surface area contributed by atoms with E-state index >= 15 is 0 Å². The molecular weight excluding hydrogens is 442 g/mol. The minimum Gasteiger partial charge on any atom is -0.503 e. The number of halogens is 1. The minimum atomic E-state index is -0.836. The number of carbonyl (C=O) groups is 2. The molecule has 0 saturated carbocycles. The fraction of sp³-hybridized carbons (Fsp3) is 0.0476. The lowest BCUT2D eigenvalue weighted by atomic mass is 9.97. The van der Waals surface area contributed by atoms with Crippen molar-refractivity contribution in [3.63, 3.8) is 0 Å². The second kappa shape index (κ2) is 7.32. The third-order valence-corrected chi connectivity index (χ3v) is 6.86. The van der Waals surface area contributed by atoms with Crippen LogP contribution in [0.25, 0.3) is 10.2 Å². The lowest BCUT2D eigenvalue weighted by Gasteiger charge is -2.23. The Kier molecular flexibility index (Phi) is 4.62. The molecule has 0 saturated heterocycles. The van der Waals surface area contributed by atoms with E-state index in [1.165, 1.54) is 27.6 Å². The molecule has 3 aromatic heterocycles. The quantitative estimate of drug-likeness (QED) is 0.430. The Balaban J connectivity index is 1.68. The molecule has 1 N–H and O–H groups in total. The highest BCUT2D eigenvalue weighted by Gasteiger charge is 2.46. The SMILES string of the molecule is O=C(C1=C(O)C(=O)N(c2nc3ccc(Cl)cc3s2)C1c1cccnc1)c1cccs1. The van der Waals surface area contributed by atoms with Crippen LogP contribution in [0.1, 0.15) is 21.3 Å². The van der Waals surface area contributed by atoms with Crippen LogP contribution < -0.4 is 4.90 Å². The van der Waals surface area contributed by atoms with Crippen molar-refractivity contribution >= 4 is 61.3 Å². The molecule has 0 bridgehead atoms. The maximum atomic E-state index is 13.2. The van der Waals surface area contributed by atoms with E-state index in [-0.39, 0.29) is 5.57 Å². The highest BCUT2D eigenvalue weighted by molar-refractivity contribution is 7.22. The molecular formula is C21H12ClN3O3S2. The summed E-state index contributed by atoms with van der Waals surface area (Å²) < 4.78 is 0.799. The molecule has 1 aromatic carbocycles. The van der Waals surface area contributed by atoms with E-state index in [1.807, 2.05) is 0 Å². The molecule has 4 heterocycles. The third kappa shape index (κ3) is 3.00. The maximum absolute atomic E-state index is 13.2. The summed E-state index contributed by atoms with van der Waals surface area (Å²) in [5.74, 6) is -1.63. The van der Waals surface area contributed by atoms with Gasteiger partial charge in [-0.3, -0.25) is 19.5 Å². The lowest BCUT2D eigenvalue weighted by Crippen LogP contribution is -2.31. The molecule has 1 unspecified atom stereocenters. The molecule has 0 fully saturated rings. The summed E-state index contributed by atoms with van der Waals surface area (Å²) in [5.41, 5.74) is 1.30. The van der Waals surface area contributed by atoms with Crippen molar-refractivity contribution in [2.24, 2.45) is 0 Å². The average molecular weight is 454 g/mol. The van der Waals surface area contributed by atoms with Crippen molar-refractivity contribution in [2.45, 2.75) is 6.04 Å². The van der Waals surface area contributed by atoms with Crippen molar-refractivity contribution < 1.29 is 14.7 Å². The predicted molar refractivity (Wildman–Crippen MR) is 117 cm³/mol. The number of anilines is 1. The van der Waals surface area contributed by atoms with Crippen LogP contribution in [0, 0.1) is 0 Å². The van der Waals surface area contributed by atoms with Crippen LogP contribution in [0.5, 0.6) is 0 Å². The molecule has 1 atom stereocenters. The Labute approximate surface area is 183 Å². The van der Waals surface area contributed by atoms with Gasteiger partial charge in [-0.2, -0.15) is 0 Å². The smallest absolute Gasteiger partial charge is 0.296 e. The molecule has 1 aliphatic rings. The van der Waals surface area contributed by atoms with Gasteiger partial charge in [0.25, 0.3) is 5.91 Å². The first kappa shape index (κ1) is 18.9. The molecule has 30 heavy (non-hydrogen) atoms. The number of pyridine rings is 1. The van der Waals surface area contributed by atoms with E-state index in [0.717, 1.165) is 4.70 Å². The number of ketones is 1. The van der Waals surface area contributed by atoms with Gasteiger partial charge in [-0.1, -0.05) is 35.1 Å². The molecule has 1 amide bonds. The fourth-order valence-electron chi connectivity index (χ4n) is 3.42. The van der Waals surface area contributed by atoms with E-state index in [2.05, 4.69) is 9.97 Å². The predicted octanol–water partition coefficient (Wildman–Crippen LogP) is 5.19. The monoisotopic (exact) mass is 453 g/mol. The van der Waals surface area contributed by atoms with Crippen LogP contribution >= 0.6 is 34.3 Å². The van der Waals surface area contributed by atoms with Crippen LogP contribution in [0.3, 0.4) is 0 Å². The average Bonchev–Trinajstić information content (AvgIpc) is 3.47. The van der Waals surface area contributed by atoms with Crippen LogP contribution in [-0.2, 0) is 4.79 Å². The zero-order valence-electron chi connectivity index (χ0n) is 15.2. The van der Waals surface area contributed by atoms with Gasteiger partial charge in [-0.05, 0) is 41.3 Å². The first-order valence-electron chi connectivity index (χ1n) is 8.85. The molecule has 0 radical (unpaired) electrons. The number of fused-ring (bicyclic) bond motifs is 1. The Morgan fingerprint density at radius 1 is 1.20 bits per heavy atom. The number of aliphatic hydroxyl groups is 1.